The third-order valence-electron chi connectivity index (χ3n) is 1.83. The van der Waals surface area contributed by atoms with Crippen LogP contribution in [0.5, 0.6) is 0 Å². The van der Waals surface area contributed by atoms with E-state index in [2.05, 4.69) is 36.8 Å². The molecule has 1 unspecified atom stereocenters. The Bertz CT molecular complexity index is 315. The van der Waals surface area contributed by atoms with E-state index in [1.165, 1.54) is 6.07 Å². The van der Waals surface area contributed by atoms with Gasteiger partial charge in [-0.3, -0.25) is 0 Å². The first-order valence-corrected chi connectivity index (χ1v) is 5.95. The lowest BCUT2D eigenvalue weighted by Gasteiger charge is -2.15. The van der Waals surface area contributed by atoms with E-state index in [1.807, 2.05) is 14.1 Å². The Morgan fingerprint density at radius 3 is 2.57 bits per heavy atom. The number of halogens is 3. The molecule has 0 radical (unpaired) electrons. The fraction of sp³-hybridized carbons (Fsp3) is 0.400. The molecule has 0 fully saturated rings. The topological polar surface area (TPSA) is 3.24 Å². The van der Waals surface area contributed by atoms with E-state index in [4.69, 9.17) is 0 Å². The molecule has 1 atom stereocenters. The molecular weight excluding hydrogens is 313 g/mol. The molecule has 0 spiro atoms. The van der Waals surface area contributed by atoms with Crippen molar-refractivity contribution in [1.82, 2.24) is 4.90 Å². The van der Waals surface area contributed by atoms with E-state index < -0.39 is 0 Å². The van der Waals surface area contributed by atoms with Gasteiger partial charge in [-0.15, -0.1) is 0 Å². The van der Waals surface area contributed by atoms with Gasteiger partial charge in [-0.2, -0.15) is 0 Å². The molecule has 1 rings (SSSR count). The minimum absolute atomic E-state index is 0.224. The average Bonchev–Trinajstić information content (AvgIpc) is 2.08. The van der Waals surface area contributed by atoms with Crippen LogP contribution >= 0.6 is 31.9 Å². The summed E-state index contributed by atoms with van der Waals surface area (Å²) in [6.07, 6.45) is 0. The normalized spacial score (nSPS) is 13.3. The largest absolute Gasteiger partial charge is 0.308 e. The smallest absolute Gasteiger partial charge is 0.137 e. The second kappa shape index (κ2) is 5.24. The number of hydrogen-bond acceptors (Lipinski definition) is 1. The van der Waals surface area contributed by atoms with Crippen LogP contribution in [0.25, 0.3) is 0 Å². The van der Waals surface area contributed by atoms with Gasteiger partial charge in [0.15, 0.2) is 0 Å². The molecule has 0 aliphatic rings. The molecule has 0 amide bonds. The molecule has 1 nitrogen and oxygen atoms in total. The SMILES string of the molecule is CN(C)CC(Br)c1ccc(F)c(Br)c1. The van der Waals surface area contributed by atoms with Gasteiger partial charge in [0.25, 0.3) is 0 Å². The fourth-order valence-electron chi connectivity index (χ4n) is 1.13. The van der Waals surface area contributed by atoms with Crippen LogP contribution in [0.1, 0.15) is 10.4 Å². The highest BCUT2D eigenvalue weighted by Gasteiger charge is 2.10. The van der Waals surface area contributed by atoms with Crippen molar-refractivity contribution >= 4 is 31.9 Å². The summed E-state index contributed by atoms with van der Waals surface area (Å²) in [5.74, 6) is -0.224. The van der Waals surface area contributed by atoms with Crippen molar-refractivity contribution in [3.8, 4) is 0 Å². The highest BCUT2D eigenvalue weighted by atomic mass is 79.9. The number of benzene rings is 1. The summed E-state index contributed by atoms with van der Waals surface area (Å²) in [4.78, 5) is 2.31. The third kappa shape index (κ3) is 3.33. The predicted molar refractivity (Wildman–Crippen MR) is 64.3 cm³/mol. The van der Waals surface area contributed by atoms with Gasteiger partial charge >= 0.3 is 0 Å². The zero-order valence-corrected chi connectivity index (χ0v) is 11.3. The molecule has 0 bridgehead atoms. The van der Waals surface area contributed by atoms with Crippen molar-refractivity contribution in [1.29, 1.82) is 0 Å². The molecule has 1 aromatic rings. The molecule has 0 aliphatic heterocycles. The zero-order chi connectivity index (χ0) is 10.7. The van der Waals surface area contributed by atoms with E-state index in [0.29, 0.717) is 4.47 Å². The first-order valence-electron chi connectivity index (χ1n) is 4.24. The van der Waals surface area contributed by atoms with Crippen molar-refractivity contribution in [2.45, 2.75) is 4.83 Å². The molecule has 0 saturated heterocycles. The lowest BCUT2D eigenvalue weighted by atomic mass is 10.1. The second-order valence-corrected chi connectivity index (χ2v) is 5.36. The molecule has 0 aromatic heterocycles. The van der Waals surface area contributed by atoms with Gasteiger partial charge < -0.3 is 4.90 Å². The Morgan fingerprint density at radius 1 is 1.43 bits per heavy atom. The zero-order valence-electron chi connectivity index (χ0n) is 8.10. The van der Waals surface area contributed by atoms with Crippen LogP contribution in [0.4, 0.5) is 4.39 Å². The quantitative estimate of drug-likeness (QED) is 0.768. The minimum Gasteiger partial charge on any atom is -0.308 e. The van der Waals surface area contributed by atoms with Gasteiger partial charge in [-0.05, 0) is 47.7 Å². The van der Waals surface area contributed by atoms with Gasteiger partial charge in [-0.1, -0.05) is 22.0 Å². The van der Waals surface area contributed by atoms with Crippen LogP contribution in [0.3, 0.4) is 0 Å². The Morgan fingerprint density at radius 2 is 2.07 bits per heavy atom. The van der Waals surface area contributed by atoms with Crippen molar-refractivity contribution in [2.24, 2.45) is 0 Å². The molecule has 78 valence electrons. The molecular formula is C10H12Br2FN. The minimum atomic E-state index is -0.224. The Kier molecular flexibility index (Phi) is 4.54. The number of nitrogens with zero attached hydrogens (tertiary/aromatic N) is 1. The summed E-state index contributed by atoms with van der Waals surface area (Å²) in [6, 6.07) is 5.07. The van der Waals surface area contributed by atoms with Crippen LogP contribution in [0, 0.1) is 5.82 Å². The molecule has 0 saturated carbocycles. The van der Waals surface area contributed by atoms with Gasteiger partial charge in [-0.25, -0.2) is 4.39 Å². The molecule has 1 aromatic carbocycles. The van der Waals surface area contributed by atoms with E-state index in [1.54, 1.807) is 12.1 Å². The number of alkyl halides is 1. The van der Waals surface area contributed by atoms with Crippen LogP contribution < -0.4 is 0 Å². The van der Waals surface area contributed by atoms with E-state index in [0.717, 1.165) is 12.1 Å². The Hall–Kier alpha value is 0.0700. The third-order valence-corrected chi connectivity index (χ3v) is 3.26. The molecule has 4 heteroatoms. The maximum Gasteiger partial charge on any atom is 0.137 e. The summed E-state index contributed by atoms with van der Waals surface area (Å²) in [7, 11) is 4.01. The van der Waals surface area contributed by atoms with Crippen molar-refractivity contribution in [3.63, 3.8) is 0 Å². The van der Waals surface area contributed by atoms with Crippen LogP contribution in [-0.4, -0.2) is 25.5 Å². The highest BCUT2D eigenvalue weighted by Crippen LogP contribution is 2.27. The Balaban J connectivity index is 2.80. The molecule has 0 aliphatic carbocycles. The van der Waals surface area contributed by atoms with E-state index in [-0.39, 0.29) is 10.6 Å². The number of likely N-dealkylation sites (N-methyl/N-ethyl adjacent to an activating group) is 1. The summed E-state index contributed by atoms with van der Waals surface area (Å²) in [6.45, 7) is 0.887. The van der Waals surface area contributed by atoms with E-state index >= 15 is 0 Å². The number of hydrogen-bond donors (Lipinski definition) is 0. The molecule has 0 N–H and O–H groups in total. The Labute approximate surface area is 101 Å². The summed E-state index contributed by atoms with van der Waals surface area (Å²) in [5, 5.41) is 0. The van der Waals surface area contributed by atoms with Gasteiger partial charge in [0, 0.05) is 6.54 Å². The summed E-state index contributed by atoms with van der Waals surface area (Å²) < 4.78 is 13.5. The second-order valence-electron chi connectivity index (χ2n) is 3.40. The molecule has 0 heterocycles. The van der Waals surface area contributed by atoms with Gasteiger partial charge in [0.05, 0.1) is 9.30 Å². The lowest BCUT2D eigenvalue weighted by Crippen LogP contribution is -2.17. The van der Waals surface area contributed by atoms with Crippen molar-refractivity contribution < 1.29 is 4.39 Å². The maximum absolute atomic E-state index is 13.0. The summed E-state index contributed by atoms with van der Waals surface area (Å²) >= 11 is 6.73. The highest BCUT2D eigenvalue weighted by molar-refractivity contribution is 9.10. The van der Waals surface area contributed by atoms with Gasteiger partial charge in [0.1, 0.15) is 5.82 Å². The first kappa shape index (κ1) is 12.1. The standard InChI is InChI=1S/C10H12Br2FN/c1-14(2)6-9(12)7-3-4-10(13)8(11)5-7/h3-5,9H,6H2,1-2H3. The maximum atomic E-state index is 13.0. The summed E-state index contributed by atoms with van der Waals surface area (Å²) in [5.41, 5.74) is 1.08. The fourth-order valence-corrected chi connectivity index (χ4v) is 2.39. The monoisotopic (exact) mass is 323 g/mol. The molecule has 14 heavy (non-hydrogen) atoms. The van der Waals surface area contributed by atoms with E-state index in [9.17, 15) is 4.39 Å². The van der Waals surface area contributed by atoms with Gasteiger partial charge in [0.2, 0.25) is 0 Å². The average molecular weight is 325 g/mol. The van der Waals surface area contributed by atoms with Crippen LogP contribution in [-0.2, 0) is 0 Å². The van der Waals surface area contributed by atoms with Crippen LogP contribution in [0.2, 0.25) is 0 Å². The van der Waals surface area contributed by atoms with Crippen molar-refractivity contribution in [3.05, 3.63) is 34.1 Å². The predicted octanol–water partition coefficient (Wildman–Crippen LogP) is 3.59. The van der Waals surface area contributed by atoms with Crippen molar-refractivity contribution in [2.75, 3.05) is 20.6 Å². The number of rotatable bonds is 3. The van der Waals surface area contributed by atoms with Crippen LogP contribution in [0.15, 0.2) is 22.7 Å². The first-order chi connectivity index (χ1) is 6.50. The lowest BCUT2D eigenvalue weighted by molar-refractivity contribution is 0.412.